The smallest absolute Gasteiger partial charge is 0.245 e. The fourth-order valence-corrected chi connectivity index (χ4v) is 4.09. The zero-order valence-corrected chi connectivity index (χ0v) is 13.9. The van der Waals surface area contributed by atoms with E-state index in [-0.39, 0.29) is 23.7 Å². The van der Waals surface area contributed by atoms with Gasteiger partial charge in [-0.05, 0) is 31.9 Å². The van der Waals surface area contributed by atoms with Gasteiger partial charge in [-0.15, -0.1) is 0 Å². The first-order chi connectivity index (χ1) is 10.8. The number of ether oxygens (including phenoxy) is 1. The standard InChI is InChI=1S/C18H24N2O3/c1-11(21)12-6-4-7-13(10-12)20-16(22)18(19)14-8-5-9-23-15(14)17(18,2)3/h4,6-7,10,14-15H,5,8-9,19H2,1-3H3,(H,20,22). The molecule has 3 atom stereocenters. The second-order valence-electron chi connectivity index (χ2n) is 7.22. The number of nitrogens with one attached hydrogen (secondary N) is 1. The van der Waals surface area contributed by atoms with Gasteiger partial charge in [-0.1, -0.05) is 26.0 Å². The van der Waals surface area contributed by atoms with Crippen LogP contribution < -0.4 is 11.1 Å². The number of benzene rings is 1. The lowest BCUT2D eigenvalue weighted by atomic mass is 9.46. The Labute approximate surface area is 136 Å². The highest BCUT2D eigenvalue weighted by atomic mass is 16.5. The maximum absolute atomic E-state index is 12.9. The van der Waals surface area contributed by atoms with Crippen LogP contribution in [0.2, 0.25) is 0 Å². The largest absolute Gasteiger partial charge is 0.377 e. The molecule has 0 radical (unpaired) electrons. The van der Waals surface area contributed by atoms with E-state index in [9.17, 15) is 9.59 Å². The minimum atomic E-state index is -0.954. The Morgan fingerprint density at radius 1 is 1.35 bits per heavy atom. The van der Waals surface area contributed by atoms with Gasteiger partial charge >= 0.3 is 0 Å². The van der Waals surface area contributed by atoms with Crippen LogP contribution in [-0.2, 0) is 9.53 Å². The van der Waals surface area contributed by atoms with E-state index < -0.39 is 11.0 Å². The van der Waals surface area contributed by atoms with Crippen LogP contribution in [0.3, 0.4) is 0 Å². The molecule has 124 valence electrons. The average molecular weight is 316 g/mol. The molecular formula is C18H24N2O3. The molecule has 3 N–H and O–H groups in total. The number of rotatable bonds is 3. The third-order valence-corrected chi connectivity index (χ3v) is 5.59. The third-order valence-electron chi connectivity index (χ3n) is 5.59. The number of hydrogen-bond donors (Lipinski definition) is 2. The quantitative estimate of drug-likeness (QED) is 0.839. The summed E-state index contributed by atoms with van der Waals surface area (Å²) in [6.45, 7) is 6.23. The van der Waals surface area contributed by atoms with E-state index in [4.69, 9.17) is 10.5 Å². The van der Waals surface area contributed by atoms with E-state index in [1.54, 1.807) is 24.3 Å². The Kier molecular flexibility index (Phi) is 3.81. The molecule has 1 saturated heterocycles. The zero-order valence-electron chi connectivity index (χ0n) is 13.9. The Balaban J connectivity index is 1.82. The van der Waals surface area contributed by atoms with Gasteiger partial charge in [-0.3, -0.25) is 9.59 Å². The summed E-state index contributed by atoms with van der Waals surface area (Å²) in [5.74, 6) is -0.189. The summed E-state index contributed by atoms with van der Waals surface area (Å²) in [4.78, 5) is 24.4. The van der Waals surface area contributed by atoms with Crippen molar-refractivity contribution < 1.29 is 14.3 Å². The van der Waals surface area contributed by atoms with Gasteiger partial charge < -0.3 is 15.8 Å². The molecule has 1 aromatic carbocycles. The lowest BCUT2D eigenvalue weighted by Gasteiger charge is -2.65. The number of fused-ring (bicyclic) bond motifs is 1. The number of carbonyl (C=O) groups is 2. The van der Waals surface area contributed by atoms with Gasteiger partial charge in [0.1, 0.15) is 5.54 Å². The number of amides is 1. The summed E-state index contributed by atoms with van der Waals surface area (Å²) in [7, 11) is 0. The second kappa shape index (κ2) is 5.42. The fraction of sp³-hybridized carbons (Fsp3) is 0.556. The molecule has 0 spiro atoms. The first-order valence-corrected chi connectivity index (χ1v) is 8.11. The molecule has 3 unspecified atom stereocenters. The van der Waals surface area contributed by atoms with Crippen LogP contribution in [0.1, 0.15) is 44.0 Å². The van der Waals surface area contributed by atoms with Crippen molar-refractivity contribution in [2.24, 2.45) is 17.1 Å². The highest BCUT2D eigenvalue weighted by Crippen LogP contribution is 2.57. The SMILES string of the molecule is CC(=O)c1cccc(NC(=O)C2(N)C3CCCOC3C2(C)C)c1. The third kappa shape index (κ3) is 2.30. The van der Waals surface area contributed by atoms with E-state index in [1.807, 2.05) is 13.8 Å². The van der Waals surface area contributed by atoms with E-state index in [1.165, 1.54) is 6.92 Å². The van der Waals surface area contributed by atoms with Crippen LogP contribution in [0.15, 0.2) is 24.3 Å². The van der Waals surface area contributed by atoms with Gasteiger partial charge in [0.2, 0.25) is 5.91 Å². The molecule has 3 rings (SSSR count). The molecule has 1 heterocycles. The number of ketones is 1. The average Bonchev–Trinajstić information content (AvgIpc) is 2.54. The predicted molar refractivity (Wildman–Crippen MR) is 88.2 cm³/mol. The van der Waals surface area contributed by atoms with Crippen LogP contribution in [0.4, 0.5) is 5.69 Å². The van der Waals surface area contributed by atoms with Crippen molar-refractivity contribution in [3.8, 4) is 0 Å². The summed E-state index contributed by atoms with van der Waals surface area (Å²) >= 11 is 0. The van der Waals surface area contributed by atoms with Gasteiger partial charge in [0, 0.05) is 29.2 Å². The molecule has 5 nitrogen and oxygen atoms in total. The van der Waals surface area contributed by atoms with Crippen LogP contribution in [0.25, 0.3) is 0 Å². The lowest BCUT2D eigenvalue weighted by Crippen LogP contribution is -2.81. The van der Waals surface area contributed by atoms with Crippen LogP contribution in [-0.4, -0.2) is 29.9 Å². The summed E-state index contributed by atoms with van der Waals surface area (Å²) < 4.78 is 5.83. The number of anilines is 1. The first kappa shape index (κ1) is 16.1. The molecular weight excluding hydrogens is 292 g/mol. The van der Waals surface area contributed by atoms with E-state index in [0.29, 0.717) is 11.3 Å². The molecule has 1 aliphatic carbocycles. The molecule has 1 aliphatic heterocycles. The number of Topliss-reactive ketones (excluding diaryl/α,β-unsaturated/α-hetero) is 1. The summed E-state index contributed by atoms with van der Waals surface area (Å²) in [5, 5.41) is 2.90. The van der Waals surface area contributed by atoms with E-state index in [2.05, 4.69) is 5.32 Å². The molecule has 0 bridgehead atoms. The molecule has 1 amide bonds. The van der Waals surface area contributed by atoms with Crippen molar-refractivity contribution >= 4 is 17.4 Å². The monoisotopic (exact) mass is 316 g/mol. The first-order valence-electron chi connectivity index (χ1n) is 8.11. The highest BCUT2D eigenvalue weighted by Gasteiger charge is 2.70. The Bertz CT molecular complexity index is 655. The van der Waals surface area contributed by atoms with Gasteiger partial charge in [0.05, 0.1) is 6.10 Å². The summed E-state index contributed by atoms with van der Waals surface area (Å²) in [5.41, 5.74) is 6.37. The molecule has 2 aliphatic rings. The highest BCUT2D eigenvalue weighted by molar-refractivity contribution is 6.01. The van der Waals surface area contributed by atoms with Crippen molar-refractivity contribution in [2.45, 2.75) is 45.3 Å². The molecule has 2 fully saturated rings. The van der Waals surface area contributed by atoms with Gasteiger partial charge in [0.15, 0.2) is 5.78 Å². The molecule has 1 aromatic rings. The lowest BCUT2D eigenvalue weighted by molar-refractivity contribution is -0.222. The maximum atomic E-state index is 12.9. The fourth-order valence-electron chi connectivity index (χ4n) is 4.09. The Hall–Kier alpha value is -1.72. The van der Waals surface area contributed by atoms with Crippen molar-refractivity contribution in [1.82, 2.24) is 0 Å². The van der Waals surface area contributed by atoms with Crippen molar-refractivity contribution in [3.63, 3.8) is 0 Å². The van der Waals surface area contributed by atoms with E-state index >= 15 is 0 Å². The number of carbonyl (C=O) groups excluding carboxylic acids is 2. The second-order valence-corrected chi connectivity index (χ2v) is 7.22. The Morgan fingerprint density at radius 3 is 2.78 bits per heavy atom. The van der Waals surface area contributed by atoms with Gasteiger partial charge in [-0.2, -0.15) is 0 Å². The summed E-state index contributed by atoms with van der Waals surface area (Å²) in [6, 6.07) is 6.95. The normalized spacial score (nSPS) is 31.7. The molecule has 23 heavy (non-hydrogen) atoms. The van der Waals surface area contributed by atoms with Crippen LogP contribution in [0.5, 0.6) is 0 Å². The van der Waals surface area contributed by atoms with E-state index in [0.717, 1.165) is 19.4 Å². The zero-order chi connectivity index (χ0) is 16.8. The minimum Gasteiger partial charge on any atom is -0.377 e. The molecule has 1 saturated carbocycles. The number of nitrogens with two attached hydrogens (primary N) is 1. The topological polar surface area (TPSA) is 81.4 Å². The van der Waals surface area contributed by atoms with Crippen LogP contribution in [0, 0.1) is 11.3 Å². The molecule has 5 heteroatoms. The maximum Gasteiger partial charge on any atom is 0.245 e. The summed E-state index contributed by atoms with van der Waals surface area (Å²) in [6.07, 6.45) is 1.88. The van der Waals surface area contributed by atoms with Gasteiger partial charge in [-0.25, -0.2) is 0 Å². The van der Waals surface area contributed by atoms with Crippen molar-refractivity contribution in [3.05, 3.63) is 29.8 Å². The predicted octanol–water partition coefficient (Wildman–Crippen LogP) is 2.36. The molecule has 0 aromatic heterocycles. The van der Waals surface area contributed by atoms with Crippen molar-refractivity contribution in [2.75, 3.05) is 11.9 Å². The van der Waals surface area contributed by atoms with Crippen LogP contribution >= 0.6 is 0 Å². The van der Waals surface area contributed by atoms with Gasteiger partial charge in [0.25, 0.3) is 0 Å². The van der Waals surface area contributed by atoms with Crippen molar-refractivity contribution in [1.29, 1.82) is 0 Å². The minimum absolute atomic E-state index is 0.0340. The Morgan fingerprint density at radius 2 is 2.09 bits per heavy atom. The number of hydrogen-bond acceptors (Lipinski definition) is 4.